The zero-order chi connectivity index (χ0) is 14.8. The summed E-state index contributed by atoms with van der Waals surface area (Å²) in [6, 6.07) is 5.09. The molecule has 0 spiro atoms. The first-order valence-corrected chi connectivity index (χ1v) is 5.19. The number of anilines is 2. The predicted octanol–water partition coefficient (Wildman–Crippen LogP) is 1.54. The quantitative estimate of drug-likeness (QED) is 0.794. The van der Waals surface area contributed by atoms with Gasteiger partial charge in [-0.15, -0.1) is 18.3 Å². The highest BCUT2D eigenvalue weighted by Crippen LogP contribution is 2.30. The second-order valence-electron chi connectivity index (χ2n) is 3.54. The fourth-order valence-electron chi connectivity index (χ4n) is 1.34. The van der Waals surface area contributed by atoms with E-state index in [9.17, 15) is 18.0 Å². The highest BCUT2D eigenvalue weighted by molar-refractivity contribution is 6.02. The van der Waals surface area contributed by atoms with Crippen LogP contribution in [0.5, 0.6) is 5.75 Å². The molecule has 0 saturated carbocycles. The second kappa shape index (κ2) is 5.07. The summed E-state index contributed by atoms with van der Waals surface area (Å²) in [5.41, 5.74) is 5.05. The molecule has 0 unspecified atom stereocenters. The fraction of sp³-hybridized carbons (Fsp3) is 0.100. The highest BCUT2D eigenvalue weighted by Gasteiger charge is 2.32. The number of rotatable bonds is 3. The van der Waals surface area contributed by atoms with E-state index in [4.69, 9.17) is 5.73 Å². The lowest BCUT2D eigenvalue weighted by Crippen LogP contribution is -2.20. The van der Waals surface area contributed by atoms with Crippen LogP contribution in [-0.4, -0.2) is 27.5 Å². The van der Waals surface area contributed by atoms with Crippen LogP contribution in [0.4, 0.5) is 24.8 Å². The molecule has 1 heterocycles. The molecule has 1 aromatic carbocycles. The molecule has 0 aliphatic rings. The number of nitrogens with one attached hydrogen (secondary N) is 2. The number of carbonyl (C=O) groups is 1. The SMILES string of the molecule is Nc1n[nH]c(C(=O)Nc2ccccc2OC(F)(F)F)n1. The Labute approximate surface area is 109 Å². The molecule has 0 aliphatic carbocycles. The molecule has 0 saturated heterocycles. The maximum Gasteiger partial charge on any atom is 0.573 e. The number of para-hydroxylation sites is 2. The van der Waals surface area contributed by atoms with E-state index in [1.165, 1.54) is 18.2 Å². The van der Waals surface area contributed by atoms with Crippen molar-refractivity contribution in [3.05, 3.63) is 30.1 Å². The second-order valence-corrected chi connectivity index (χ2v) is 3.54. The number of alkyl halides is 3. The van der Waals surface area contributed by atoms with Crippen LogP contribution in [0.1, 0.15) is 10.6 Å². The Morgan fingerprint density at radius 1 is 1.35 bits per heavy atom. The number of nitrogen functional groups attached to an aromatic ring is 1. The van der Waals surface area contributed by atoms with Crippen LogP contribution < -0.4 is 15.8 Å². The van der Waals surface area contributed by atoms with Gasteiger partial charge in [-0.1, -0.05) is 12.1 Å². The number of amides is 1. The number of hydrogen-bond acceptors (Lipinski definition) is 5. The van der Waals surface area contributed by atoms with E-state index in [0.717, 1.165) is 6.07 Å². The Balaban J connectivity index is 2.19. The zero-order valence-electron chi connectivity index (χ0n) is 9.73. The molecule has 7 nitrogen and oxygen atoms in total. The van der Waals surface area contributed by atoms with Crippen molar-refractivity contribution >= 4 is 17.5 Å². The van der Waals surface area contributed by atoms with E-state index in [-0.39, 0.29) is 17.5 Å². The summed E-state index contributed by atoms with van der Waals surface area (Å²) in [7, 11) is 0. The number of halogens is 3. The molecule has 1 amide bonds. The van der Waals surface area contributed by atoms with Gasteiger partial charge in [0.1, 0.15) is 0 Å². The van der Waals surface area contributed by atoms with Gasteiger partial charge in [-0.05, 0) is 12.1 Å². The smallest absolute Gasteiger partial charge is 0.404 e. The first-order chi connectivity index (χ1) is 9.35. The third kappa shape index (κ3) is 3.37. The molecule has 0 fully saturated rings. The van der Waals surface area contributed by atoms with Gasteiger partial charge in [0.15, 0.2) is 5.75 Å². The van der Waals surface area contributed by atoms with Crippen LogP contribution in [0.2, 0.25) is 0 Å². The molecule has 2 aromatic rings. The van der Waals surface area contributed by atoms with Gasteiger partial charge in [0.2, 0.25) is 11.8 Å². The number of hydrogen-bond donors (Lipinski definition) is 3. The van der Waals surface area contributed by atoms with Gasteiger partial charge in [-0.3, -0.25) is 9.89 Å². The number of H-pyrrole nitrogens is 1. The maximum atomic E-state index is 12.2. The lowest BCUT2D eigenvalue weighted by molar-refractivity contribution is -0.274. The van der Waals surface area contributed by atoms with Crippen molar-refractivity contribution in [3.63, 3.8) is 0 Å². The third-order valence-electron chi connectivity index (χ3n) is 2.08. The topological polar surface area (TPSA) is 106 Å². The van der Waals surface area contributed by atoms with E-state index in [1.54, 1.807) is 0 Å². The Morgan fingerprint density at radius 3 is 2.65 bits per heavy atom. The Hall–Kier alpha value is -2.78. The van der Waals surface area contributed by atoms with E-state index < -0.39 is 18.0 Å². The molecule has 4 N–H and O–H groups in total. The van der Waals surface area contributed by atoms with Gasteiger partial charge in [-0.2, -0.15) is 4.98 Å². The average Bonchev–Trinajstić information content (AvgIpc) is 2.77. The van der Waals surface area contributed by atoms with Crippen LogP contribution in [0.25, 0.3) is 0 Å². The van der Waals surface area contributed by atoms with Crippen molar-refractivity contribution in [2.24, 2.45) is 0 Å². The molecule has 0 atom stereocenters. The number of aromatic amines is 1. The zero-order valence-corrected chi connectivity index (χ0v) is 9.73. The number of carbonyl (C=O) groups excluding carboxylic acids is 1. The van der Waals surface area contributed by atoms with Gasteiger partial charge in [0.25, 0.3) is 5.91 Å². The minimum atomic E-state index is -4.86. The van der Waals surface area contributed by atoms with Crippen molar-refractivity contribution in [1.29, 1.82) is 0 Å². The van der Waals surface area contributed by atoms with Crippen molar-refractivity contribution < 1.29 is 22.7 Å². The van der Waals surface area contributed by atoms with Gasteiger partial charge < -0.3 is 15.8 Å². The lowest BCUT2D eigenvalue weighted by Gasteiger charge is -2.13. The summed E-state index contributed by atoms with van der Waals surface area (Å²) >= 11 is 0. The molecule has 20 heavy (non-hydrogen) atoms. The van der Waals surface area contributed by atoms with Gasteiger partial charge in [-0.25, -0.2) is 0 Å². The summed E-state index contributed by atoms with van der Waals surface area (Å²) in [4.78, 5) is 15.3. The highest BCUT2D eigenvalue weighted by atomic mass is 19.4. The predicted molar refractivity (Wildman–Crippen MR) is 61.9 cm³/mol. The first kappa shape index (κ1) is 13.6. The van der Waals surface area contributed by atoms with E-state index >= 15 is 0 Å². The van der Waals surface area contributed by atoms with Crippen LogP contribution in [0.3, 0.4) is 0 Å². The van der Waals surface area contributed by atoms with Crippen molar-refractivity contribution in [2.45, 2.75) is 6.36 Å². The van der Waals surface area contributed by atoms with Crippen LogP contribution >= 0.6 is 0 Å². The van der Waals surface area contributed by atoms with E-state index in [2.05, 4.69) is 25.2 Å². The number of nitrogens with two attached hydrogens (primary N) is 1. The van der Waals surface area contributed by atoms with Crippen LogP contribution in [-0.2, 0) is 0 Å². The van der Waals surface area contributed by atoms with Crippen LogP contribution in [0.15, 0.2) is 24.3 Å². The molecular weight excluding hydrogens is 279 g/mol. The Kier molecular flexibility index (Phi) is 3.46. The monoisotopic (exact) mass is 287 g/mol. The minimum absolute atomic E-state index is 0.157. The molecule has 106 valence electrons. The standard InChI is InChI=1S/C10H8F3N5O2/c11-10(12,13)20-6-4-2-1-3-5(6)15-8(19)7-16-9(14)18-17-7/h1-4H,(H,15,19)(H3,14,16,17,18). The molecule has 0 radical (unpaired) electrons. The number of benzene rings is 1. The summed E-state index contributed by atoms with van der Waals surface area (Å²) < 4.78 is 40.4. The summed E-state index contributed by atoms with van der Waals surface area (Å²) in [5.74, 6) is -1.73. The van der Waals surface area contributed by atoms with Crippen LogP contribution in [0, 0.1) is 0 Å². The largest absolute Gasteiger partial charge is 0.573 e. The minimum Gasteiger partial charge on any atom is -0.404 e. The van der Waals surface area contributed by atoms with Crippen molar-refractivity contribution in [1.82, 2.24) is 15.2 Å². The van der Waals surface area contributed by atoms with Crippen molar-refractivity contribution in [3.8, 4) is 5.75 Å². The molecule has 10 heteroatoms. The Morgan fingerprint density at radius 2 is 2.05 bits per heavy atom. The Bertz CT molecular complexity index is 625. The summed E-state index contributed by atoms with van der Waals surface area (Å²) in [6.45, 7) is 0. The van der Waals surface area contributed by atoms with Gasteiger partial charge >= 0.3 is 6.36 Å². The molecule has 0 bridgehead atoms. The normalized spacial score (nSPS) is 11.2. The molecule has 1 aromatic heterocycles. The average molecular weight is 287 g/mol. The lowest BCUT2D eigenvalue weighted by atomic mass is 10.3. The molecule has 0 aliphatic heterocycles. The number of nitrogens with zero attached hydrogens (tertiary/aromatic N) is 2. The first-order valence-electron chi connectivity index (χ1n) is 5.19. The molecule has 2 rings (SSSR count). The van der Waals surface area contributed by atoms with Crippen molar-refractivity contribution in [2.75, 3.05) is 11.1 Å². The van der Waals surface area contributed by atoms with Gasteiger partial charge in [0.05, 0.1) is 5.69 Å². The number of aromatic nitrogens is 3. The summed E-state index contributed by atoms with van der Waals surface area (Å²) in [6.07, 6.45) is -4.86. The fourth-order valence-corrected chi connectivity index (χ4v) is 1.34. The van der Waals surface area contributed by atoms with Gasteiger partial charge in [0, 0.05) is 0 Å². The maximum absolute atomic E-state index is 12.2. The van der Waals surface area contributed by atoms with E-state index in [1.807, 2.05) is 0 Å². The van der Waals surface area contributed by atoms with E-state index in [0.29, 0.717) is 0 Å². The number of ether oxygens (including phenoxy) is 1. The summed E-state index contributed by atoms with van der Waals surface area (Å²) in [5, 5.41) is 7.87. The third-order valence-corrected chi connectivity index (χ3v) is 2.08. The molecular formula is C10H8F3N5O2.